The predicted molar refractivity (Wildman–Crippen MR) is 87.8 cm³/mol. The van der Waals surface area contributed by atoms with Gasteiger partial charge in [-0.1, -0.05) is 53.5 Å². The Morgan fingerprint density at radius 3 is 2.50 bits per heavy atom. The number of methoxy groups -OCH3 is 1. The van der Waals surface area contributed by atoms with Crippen LogP contribution in [0.5, 0.6) is 0 Å². The Labute approximate surface area is 142 Å². The molecule has 0 bridgehead atoms. The monoisotopic (exact) mass is 357 g/mol. The molecule has 2 rings (SSSR count). The summed E-state index contributed by atoms with van der Waals surface area (Å²) in [6, 6.07) is 10.0. The van der Waals surface area contributed by atoms with Gasteiger partial charge in [0.25, 0.3) is 5.91 Å². The Bertz CT molecular complexity index is 673. The Morgan fingerprint density at radius 1 is 1.27 bits per heavy atom. The molecule has 0 fully saturated rings. The molecule has 1 atom stereocenters. The fraction of sp³-hybridized carbons (Fsp3) is 0.200. The standard InChI is InChI=1S/C15H13Cl2NO3S/c1-21-15(20)11(7-9-5-3-2-4-6-9)18-14(19)10-8-12(16)22-13(10)17/h2-6,8,11H,7H2,1H3,(H,18,19)/t11-/m1/s1. The summed E-state index contributed by atoms with van der Waals surface area (Å²) in [5, 5.41) is 2.64. The molecular weight excluding hydrogens is 345 g/mol. The number of carbonyl (C=O) groups excluding carboxylic acids is 2. The van der Waals surface area contributed by atoms with Crippen molar-refractivity contribution in [2.75, 3.05) is 7.11 Å². The first-order chi connectivity index (χ1) is 10.5. The van der Waals surface area contributed by atoms with Crippen LogP contribution in [0.25, 0.3) is 0 Å². The van der Waals surface area contributed by atoms with Crippen molar-refractivity contribution in [3.8, 4) is 0 Å². The molecule has 0 radical (unpaired) electrons. The van der Waals surface area contributed by atoms with E-state index in [1.807, 2.05) is 30.3 Å². The molecule has 1 aromatic carbocycles. The van der Waals surface area contributed by atoms with Gasteiger partial charge >= 0.3 is 5.97 Å². The highest BCUT2D eigenvalue weighted by molar-refractivity contribution is 7.20. The van der Waals surface area contributed by atoms with E-state index in [-0.39, 0.29) is 9.90 Å². The summed E-state index contributed by atoms with van der Waals surface area (Å²) in [5.41, 5.74) is 1.16. The third-order valence-electron chi connectivity index (χ3n) is 2.97. The van der Waals surface area contributed by atoms with Crippen LogP contribution in [0.4, 0.5) is 0 Å². The lowest BCUT2D eigenvalue weighted by atomic mass is 10.1. The molecular formula is C15H13Cl2NO3S. The van der Waals surface area contributed by atoms with Gasteiger partial charge in [0.1, 0.15) is 10.4 Å². The van der Waals surface area contributed by atoms with E-state index in [1.165, 1.54) is 13.2 Å². The summed E-state index contributed by atoms with van der Waals surface area (Å²) < 4.78 is 5.44. The molecule has 2 aromatic rings. The van der Waals surface area contributed by atoms with E-state index in [1.54, 1.807) is 0 Å². The number of esters is 1. The molecule has 0 aliphatic heterocycles. The van der Waals surface area contributed by atoms with Crippen molar-refractivity contribution >= 4 is 46.4 Å². The van der Waals surface area contributed by atoms with Crippen molar-refractivity contribution in [3.63, 3.8) is 0 Å². The van der Waals surface area contributed by atoms with E-state index in [0.717, 1.165) is 16.9 Å². The van der Waals surface area contributed by atoms with Crippen LogP contribution in [0.2, 0.25) is 8.67 Å². The normalized spacial score (nSPS) is 11.8. The molecule has 1 amide bonds. The van der Waals surface area contributed by atoms with Crippen LogP contribution < -0.4 is 5.32 Å². The number of halogens is 2. The van der Waals surface area contributed by atoms with Crippen molar-refractivity contribution in [2.24, 2.45) is 0 Å². The fourth-order valence-corrected chi connectivity index (χ4v) is 3.37. The minimum atomic E-state index is -0.797. The van der Waals surface area contributed by atoms with E-state index >= 15 is 0 Å². The first-order valence-corrected chi connectivity index (χ1v) is 7.96. The Hall–Kier alpha value is -1.56. The predicted octanol–water partition coefficient (Wildman–Crippen LogP) is 3.57. The molecule has 0 spiro atoms. The number of amides is 1. The fourth-order valence-electron chi connectivity index (χ4n) is 1.92. The molecule has 0 aliphatic rings. The zero-order chi connectivity index (χ0) is 16.1. The molecule has 116 valence electrons. The van der Waals surface area contributed by atoms with Crippen LogP contribution in [0, 0.1) is 0 Å². The van der Waals surface area contributed by atoms with E-state index in [0.29, 0.717) is 10.8 Å². The Kier molecular flexibility index (Phi) is 5.83. The highest BCUT2D eigenvalue weighted by atomic mass is 35.5. The van der Waals surface area contributed by atoms with Gasteiger partial charge in [-0.15, -0.1) is 11.3 Å². The molecule has 0 saturated carbocycles. The molecule has 0 unspecified atom stereocenters. The largest absolute Gasteiger partial charge is 0.467 e. The number of ether oxygens (including phenoxy) is 1. The Morgan fingerprint density at radius 2 is 1.95 bits per heavy atom. The van der Waals surface area contributed by atoms with E-state index in [9.17, 15) is 9.59 Å². The number of rotatable bonds is 5. The SMILES string of the molecule is COC(=O)[C@@H](Cc1ccccc1)NC(=O)c1cc(Cl)sc1Cl. The zero-order valence-electron chi connectivity index (χ0n) is 11.6. The number of thiophene rings is 1. The van der Waals surface area contributed by atoms with Crippen molar-refractivity contribution in [3.05, 3.63) is 56.2 Å². The first-order valence-electron chi connectivity index (χ1n) is 6.38. The van der Waals surface area contributed by atoms with Gasteiger partial charge in [0.05, 0.1) is 17.0 Å². The molecule has 1 N–H and O–H groups in total. The molecule has 0 saturated heterocycles. The minimum absolute atomic E-state index is 0.249. The number of carbonyl (C=O) groups is 2. The lowest BCUT2D eigenvalue weighted by Crippen LogP contribution is -2.43. The van der Waals surface area contributed by atoms with Gasteiger partial charge in [-0.2, -0.15) is 0 Å². The molecule has 4 nitrogen and oxygen atoms in total. The highest BCUT2D eigenvalue weighted by Crippen LogP contribution is 2.31. The maximum atomic E-state index is 12.2. The number of hydrogen-bond acceptors (Lipinski definition) is 4. The van der Waals surface area contributed by atoms with E-state index in [4.69, 9.17) is 27.9 Å². The second-order valence-electron chi connectivity index (χ2n) is 4.48. The lowest BCUT2D eigenvalue weighted by Gasteiger charge is -2.16. The zero-order valence-corrected chi connectivity index (χ0v) is 14.0. The average Bonchev–Trinajstić information content (AvgIpc) is 2.85. The van der Waals surface area contributed by atoms with Gasteiger partial charge < -0.3 is 10.1 Å². The number of hydrogen-bond donors (Lipinski definition) is 1. The summed E-state index contributed by atoms with van der Waals surface area (Å²) >= 11 is 12.9. The molecule has 22 heavy (non-hydrogen) atoms. The van der Waals surface area contributed by atoms with Gasteiger partial charge in [-0.3, -0.25) is 4.79 Å². The lowest BCUT2D eigenvalue weighted by molar-refractivity contribution is -0.142. The van der Waals surface area contributed by atoms with Crippen LogP contribution >= 0.6 is 34.5 Å². The molecule has 1 aromatic heterocycles. The molecule has 7 heteroatoms. The van der Waals surface area contributed by atoms with Gasteiger partial charge in [-0.25, -0.2) is 4.79 Å². The van der Waals surface area contributed by atoms with Crippen molar-refractivity contribution < 1.29 is 14.3 Å². The highest BCUT2D eigenvalue weighted by Gasteiger charge is 2.24. The van der Waals surface area contributed by atoms with Gasteiger partial charge in [0, 0.05) is 6.42 Å². The van der Waals surface area contributed by atoms with Crippen molar-refractivity contribution in [2.45, 2.75) is 12.5 Å². The summed E-state index contributed by atoms with van der Waals surface area (Å²) in [4.78, 5) is 24.1. The smallest absolute Gasteiger partial charge is 0.328 e. The first kappa shape index (κ1) is 16.8. The van der Waals surface area contributed by atoms with Crippen LogP contribution in [0.1, 0.15) is 15.9 Å². The maximum Gasteiger partial charge on any atom is 0.328 e. The summed E-state index contributed by atoms with van der Waals surface area (Å²) in [6.07, 6.45) is 0.328. The third kappa shape index (κ3) is 4.22. The Balaban J connectivity index is 2.14. The van der Waals surface area contributed by atoms with Gasteiger partial charge in [0.2, 0.25) is 0 Å². The average molecular weight is 358 g/mol. The van der Waals surface area contributed by atoms with Crippen molar-refractivity contribution in [1.82, 2.24) is 5.32 Å². The topological polar surface area (TPSA) is 55.4 Å². The second kappa shape index (κ2) is 7.63. The summed E-state index contributed by atoms with van der Waals surface area (Å²) in [6.45, 7) is 0. The summed E-state index contributed by atoms with van der Waals surface area (Å²) in [7, 11) is 1.28. The van der Waals surface area contributed by atoms with Crippen molar-refractivity contribution in [1.29, 1.82) is 0 Å². The van der Waals surface area contributed by atoms with Crippen LogP contribution in [0.3, 0.4) is 0 Å². The number of nitrogens with one attached hydrogen (secondary N) is 1. The van der Waals surface area contributed by atoms with Crippen LogP contribution in [-0.4, -0.2) is 25.0 Å². The maximum absolute atomic E-state index is 12.2. The third-order valence-corrected chi connectivity index (χ3v) is 4.46. The second-order valence-corrected chi connectivity index (χ2v) is 6.76. The van der Waals surface area contributed by atoms with Crippen LogP contribution in [-0.2, 0) is 16.0 Å². The van der Waals surface area contributed by atoms with Gasteiger partial charge in [0.15, 0.2) is 0 Å². The van der Waals surface area contributed by atoms with Gasteiger partial charge in [-0.05, 0) is 11.6 Å². The number of benzene rings is 1. The molecule has 1 heterocycles. The van der Waals surface area contributed by atoms with Crippen LogP contribution in [0.15, 0.2) is 36.4 Å². The summed E-state index contributed by atoms with van der Waals surface area (Å²) in [5.74, 6) is -0.978. The van der Waals surface area contributed by atoms with E-state index < -0.39 is 17.9 Å². The van der Waals surface area contributed by atoms with E-state index in [2.05, 4.69) is 5.32 Å². The quantitative estimate of drug-likeness (QED) is 0.832. The molecule has 0 aliphatic carbocycles. The minimum Gasteiger partial charge on any atom is -0.467 e.